The van der Waals surface area contributed by atoms with Gasteiger partial charge in [-0.15, -0.1) is 0 Å². The second-order valence-electron chi connectivity index (χ2n) is 2.48. The van der Waals surface area contributed by atoms with Gasteiger partial charge in [-0.05, 0) is 30.7 Å². The summed E-state index contributed by atoms with van der Waals surface area (Å²) in [5.41, 5.74) is 1.07. The minimum atomic E-state index is -1.04. The van der Waals surface area contributed by atoms with E-state index in [0.717, 1.165) is 6.08 Å². The van der Waals surface area contributed by atoms with E-state index in [0.29, 0.717) is 11.3 Å². The highest BCUT2D eigenvalue weighted by atomic mass is 19.1. The van der Waals surface area contributed by atoms with Crippen LogP contribution >= 0.6 is 0 Å². The lowest BCUT2D eigenvalue weighted by Crippen LogP contribution is -1.91. The second kappa shape index (κ2) is 3.80. The highest BCUT2D eigenvalue weighted by Crippen LogP contribution is 2.07. The first-order chi connectivity index (χ1) is 6.09. The number of aryl methyl sites for hydroxylation is 1. The second-order valence-corrected chi connectivity index (χ2v) is 2.48. The summed E-state index contributed by atoms with van der Waals surface area (Å²) in [5, 5.41) is 8.34. The topological polar surface area (TPSA) is 50.2 Å². The van der Waals surface area contributed by atoms with Gasteiger partial charge < -0.3 is 5.11 Å². The van der Waals surface area contributed by atoms with Crippen LogP contribution in [0.5, 0.6) is 0 Å². The summed E-state index contributed by atoms with van der Waals surface area (Å²) in [6, 6.07) is 2.67. The van der Waals surface area contributed by atoms with E-state index in [1.165, 1.54) is 18.2 Å². The van der Waals surface area contributed by atoms with Crippen molar-refractivity contribution in [2.45, 2.75) is 6.92 Å². The van der Waals surface area contributed by atoms with Gasteiger partial charge in [0.1, 0.15) is 0 Å². The fourth-order valence-corrected chi connectivity index (χ4v) is 0.878. The quantitative estimate of drug-likeness (QED) is 0.557. The largest absolute Gasteiger partial charge is 0.478 e. The fourth-order valence-electron chi connectivity index (χ4n) is 0.878. The Morgan fingerprint density at radius 3 is 2.85 bits per heavy atom. The monoisotopic (exact) mass is 181 g/mol. The molecule has 1 heterocycles. The van der Waals surface area contributed by atoms with Crippen LogP contribution in [0.2, 0.25) is 0 Å². The van der Waals surface area contributed by atoms with Crippen LogP contribution in [0.25, 0.3) is 6.08 Å². The summed E-state index contributed by atoms with van der Waals surface area (Å²) in [7, 11) is 0. The number of nitrogens with zero attached hydrogens (tertiary/aromatic N) is 1. The summed E-state index contributed by atoms with van der Waals surface area (Å²) >= 11 is 0. The van der Waals surface area contributed by atoms with Crippen molar-refractivity contribution in [2.24, 2.45) is 0 Å². The maximum absolute atomic E-state index is 12.5. The predicted molar refractivity (Wildman–Crippen MR) is 45.6 cm³/mol. The normalized spacial score (nSPS) is 10.6. The summed E-state index contributed by atoms with van der Waals surface area (Å²) < 4.78 is 12.5. The number of aliphatic carboxylic acids is 1. The van der Waals surface area contributed by atoms with Crippen LogP contribution in [-0.2, 0) is 4.79 Å². The van der Waals surface area contributed by atoms with Crippen molar-refractivity contribution in [3.8, 4) is 0 Å². The highest BCUT2D eigenvalue weighted by Gasteiger charge is 1.98. The van der Waals surface area contributed by atoms with E-state index in [9.17, 15) is 9.18 Å². The Morgan fingerprint density at radius 1 is 1.62 bits per heavy atom. The first kappa shape index (κ1) is 9.38. The van der Waals surface area contributed by atoms with Crippen LogP contribution in [0.3, 0.4) is 0 Å². The molecule has 0 saturated carbocycles. The standard InChI is InChI=1S/C9H8FNO2/c1-6-7(3-5-9(12)13)2-4-8(10)11-6/h2-5H,1H3,(H,12,13). The maximum atomic E-state index is 12.5. The van der Waals surface area contributed by atoms with Gasteiger partial charge in [0.15, 0.2) is 0 Å². The van der Waals surface area contributed by atoms with Crippen molar-refractivity contribution in [1.82, 2.24) is 4.98 Å². The van der Waals surface area contributed by atoms with E-state index in [2.05, 4.69) is 4.98 Å². The van der Waals surface area contributed by atoms with Gasteiger partial charge in [0.25, 0.3) is 0 Å². The smallest absolute Gasteiger partial charge is 0.328 e. The zero-order valence-electron chi connectivity index (χ0n) is 6.99. The summed E-state index contributed by atoms with van der Waals surface area (Å²) in [6.45, 7) is 1.62. The zero-order valence-corrected chi connectivity index (χ0v) is 6.99. The molecule has 0 aliphatic carbocycles. The third-order valence-corrected chi connectivity index (χ3v) is 1.50. The predicted octanol–water partition coefficient (Wildman–Crippen LogP) is 1.63. The molecule has 0 saturated heterocycles. The molecule has 0 atom stereocenters. The molecule has 1 aromatic rings. The number of hydrogen-bond donors (Lipinski definition) is 1. The number of aromatic nitrogens is 1. The van der Waals surface area contributed by atoms with E-state index in [4.69, 9.17) is 5.11 Å². The Morgan fingerprint density at radius 2 is 2.31 bits per heavy atom. The van der Waals surface area contributed by atoms with Crippen LogP contribution in [0, 0.1) is 12.9 Å². The number of carbonyl (C=O) groups is 1. The van der Waals surface area contributed by atoms with E-state index < -0.39 is 11.9 Å². The molecule has 0 aromatic carbocycles. The number of carboxylic acid groups (broad SMARTS) is 1. The molecule has 13 heavy (non-hydrogen) atoms. The molecular formula is C9H8FNO2. The van der Waals surface area contributed by atoms with Crippen molar-refractivity contribution in [3.63, 3.8) is 0 Å². The molecule has 1 rings (SSSR count). The SMILES string of the molecule is Cc1nc(F)ccc1C=CC(=O)O. The van der Waals surface area contributed by atoms with E-state index >= 15 is 0 Å². The van der Waals surface area contributed by atoms with Crippen LogP contribution in [0.15, 0.2) is 18.2 Å². The van der Waals surface area contributed by atoms with Crippen LogP contribution < -0.4 is 0 Å². The number of hydrogen-bond acceptors (Lipinski definition) is 2. The molecule has 0 spiro atoms. The molecule has 0 fully saturated rings. The minimum absolute atomic E-state index is 0.470. The molecule has 0 radical (unpaired) electrons. The Hall–Kier alpha value is -1.71. The van der Waals surface area contributed by atoms with Crippen molar-refractivity contribution in [1.29, 1.82) is 0 Å². The maximum Gasteiger partial charge on any atom is 0.328 e. The average Bonchev–Trinajstić information content (AvgIpc) is 2.02. The Balaban J connectivity index is 2.96. The highest BCUT2D eigenvalue weighted by molar-refractivity contribution is 5.85. The lowest BCUT2D eigenvalue weighted by molar-refractivity contribution is -0.131. The zero-order chi connectivity index (χ0) is 9.84. The summed E-state index contributed by atoms with van der Waals surface area (Å²) in [5.74, 6) is -1.60. The molecule has 0 aliphatic heterocycles. The first-order valence-corrected chi connectivity index (χ1v) is 3.64. The number of pyridine rings is 1. The van der Waals surface area contributed by atoms with Crippen LogP contribution in [-0.4, -0.2) is 16.1 Å². The molecule has 4 heteroatoms. The molecule has 3 nitrogen and oxygen atoms in total. The van der Waals surface area contributed by atoms with Gasteiger partial charge in [-0.3, -0.25) is 0 Å². The van der Waals surface area contributed by atoms with Gasteiger partial charge in [-0.25, -0.2) is 9.78 Å². The lowest BCUT2D eigenvalue weighted by atomic mass is 10.2. The van der Waals surface area contributed by atoms with Crippen molar-refractivity contribution in [2.75, 3.05) is 0 Å². The van der Waals surface area contributed by atoms with Gasteiger partial charge >= 0.3 is 5.97 Å². The van der Waals surface area contributed by atoms with Gasteiger partial charge in [0, 0.05) is 11.8 Å². The summed E-state index contributed by atoms with van der Waals surface area (Å²) in [6.07, 6.45) is 2.37. The number of rotatable bonds is 2. The molecule has 1 aromatic heterocycles. The molecule has 68 valence electrons. The van der Waals surface area contributed by atoms with Crippen molar-refractivity contribution >= 4 is 12.0 Å². The fraction of sp³-hybridized carbons (Fsp3) is 0.111. The van der Waals surface area contributed by atoms with Gasteiger partial charge in [0.05, 0.1) is 0 Å². The number of halogens is 1. The van der Waals surface area contributed by atoms with Gasteiger partial charge in [-0.1, -0.05) is 0 Å². The van der Waals surface area contributed by atoms with Gasteiger partial charge in [-0.2, -0.15) is 4.39 Å². The Bertz CT molecular complexity index is 361. The van der Waals surface area contributed by atoms with E-state index in [1.54, 1.807) is 6.92 Å². The number of carboxylic acids is 1. The lowest BCUT2D eigenvalue weighted by Gasteiger charge is -1.97. The van der Waals surface area contributed by atoms with Gasteiger partial charge in [0.2, 0.25) is 5.95 Å². The van der Waals surface area contributed by atoms with E-state index in [-0.39, 0.29) is 0 Å². The van der Waals surface area contributed by atoms with E-state index in [1.807, 2.05) is 0 Å². The minimum Gasteiger partial charge on any atom is -0.478 e. The molecular weight excluding hydrogens is 173 g/mol. The summed E-state index contributed by atoms with van der Waals surface area (Å²) in [4.78, 5) is 13.7. The van der Waals surface area contributed by atoms with Crippen molar-refractivity contribution < 1.29 is 14.3 Å². The molecule has 0 unspecified atom stereocenters. The average molecular weight is 181 g/mol. The van der Waals surface area contributed by atoms with Crippen molar-refractivity contribution in [3.05, 3.63) is 35.4 Å². The third-order valence-electron chi connectivity index (χ3n) is 1.50. The molecule has 0 aliphatic rings. The first-order valence-electron chi connectivity index (χ1n) is 3.64. The third kappa shape index (κ3) is 2.66. The van der Waals surface area contributed by atoms with Crippen LogP contribution in [0.4, 0.5) is 4.39 Å². The Labute approximate surface area is 74.5 Å². The Kier molecular flexibility index (Phi) is 2.74. The van der Waals surface area contributed by atoms with Crippen LogP contribution in [0.1, 0.15) is 11.3 Å². The molecule has 0 bridgehead atoms. The molecule has 0 amide bonds. The molecule has 1 N–H and O–H groups in total.